The molecule has 0 saturated heterocycles. The molecule has 1 unspecified atom stereocenters. The van der Waals surface area contributed by atoms with Gasteiger partial charge < -0.3 is 15.2 Å². The number of benzene rings is 1. The highest BCUT2D eigenvalue weighted by Crippen LogP contribution is 2.28. The molecule has 0 spiro atoms. The smallest absolute Gasteiger partial charge is 0.244 e. The first-order valence-corrected chi connectivity index (χ1v) is 6.86. The molecule has 1 aromatic carbocycles. The molecule has 0 aliphatic heterocycles. The molecule has 0 heterocycles. The summed E-state index contributed by atoms with van der Waals surface area (Å²) in [7, 11) is -0.734. The Balaban J connectivity index is 3.08. The van der Waals surface area contributed by atoms with Gasteiger partial charge in [-0.15, -0.1) is 0 Å². The van der Waals surface area contributed by atoms with Crippen molar-refractivity contribution >= 4 is 10.0 Å². The molecule has 0 fully saturated rings. The van der Waals surface area contributed by atoms with Crippen molar-refractivity contribution in [3.05, 3.63) is 18.2 Å². The Labute approximate surface area is 107 Å². The Morgan fingerprint density at radius 1 is 1.33 bits per heavy atom. The van der Waals surface area contributed by atoms with Crippen molar-refractivity contribution in [2.45, 2.75) is 17.9 Å². The fourth-order valence-electron chi connectivity index (χ4n) is 1.32. The van der Waals surface area contributed by atoms with E-state index >= 15 is 0 Å². The molecule has 7 heteroatoms. The Morgan fingerprint density at radius 3 is 2.50 bits per heavy atom. The van der Waals surface area contributed by atoms with E-state index in [1.165, 1.54) is 26.4 Å². The quantitative estimate of drug-likeness (QED) is 0.780. The van der Waals surface area contributed by atoms with Crippen LogP contribution in [0.15, 0.2) is 23.1 Å². The molecule has 0 amide bonds. The maximum atomic E-state index is 12.0. The molecule has 1 aromatic rings. The first-order valence-electron chi connectivity index (χ1n) is 5.38. The van der Waals surface area contributed by atoms with Crippen LogP contribution in [0.3, 0.4) is 0 Å². The highest BCUT2D eigenvalue weighted by Gasteiger charge is 2.20. The van der Waals surface area contributed by atoms with Crippen molar-refractivity contribution in [3.8, 4) is 11.5 Å². The Bertz CT molecular complexity index is 500. The molecule has 1 rings (SSSR count). The van der Waals surface area contributed by atoms with Gasteiger partial charge in [0.1, 0.15) is 16.4 Å². The lowest BCUT2D eigenvalue weighted by Crippen LogP contribution is -2.35. The van der Waals surface area contributed by atoms with E-state index in [4.69, 9.17) is 15.2 Å². The van der Waals surface area contributed by atoms with Gasteiger partial charge in [-0.3, -0.25) is 0 Å². The van der Waals surface area contributed by atoms with Crippen LogP contribution in [-0.4, -0.2) is 35.2 Å². The van der Waals surface area contributed by atoms with E-state index < -0.39 is 10.0 Å². The second-order valence-electron chi connectivity index (χ2n) is 3.85. The fraction of sp³-hybridized carbons (Fsp3) is 0.455. The van der Waals surface area contributed by atoms with E-state index in [0.717, 1.165) is 0 Å². The van der Waals surface area contributed by atoms with E-state index in [1.54, 1.807) is 13.0 Å². The highest BCUT2D eigenvalue weighted by atomic mass is 32.2. The summed E-state index contributed by atoms with van der Waals surface area (Å²) in [6.45, 7) is 1.88. The molecule has 0 bridgehead atoms. The second kappa shape index (κ2) is 6.03. The second-order valence-corrected chi connectivity index (χ2v) is 5.58. The average Bonchev–Trinajstić information content (AvgIpc) is 2.35. The monoisotopic (exact) mass is 274 g/mol. The molecule has 0 radical (unpaired) electrons. The van der Waals surface area contributed by atoms with Gasteiger partial charge >= 0.3 is 0 Å². The molecular formula is C11H18N2O4S. The Hall–Kier alpha value is -1.31. The normalized spacial score (nSPS) is 13.1. The van der Waals surface area contributed by atoms with Gasteiger partial charge in [0.05, 0.1) is 14.2 Å². The van der Waals surface area contributed by atoms with Crippen molar-refractivity contribution in [2.24, 2.45) is 5.73 Å². The van der Waals surface area contributed by atoms with Gasteiger partial charge in [0.25, 0.3) is 0 Å². The van der Waals surface area contributed by atoms with Crippen LogP contribution >= 0.6 is 0 Å². The van der Waals surface area contributed by atoms with Crippen molar-refractivity contribution in [1.29, 1.82) is 0 Å². The number of nitrogens with two attached hydrogens (primary N) is 1. The summed E-state index contributed by atoms with van der Waals surface area (Å²) in [6.07, 6.45) is 0. The molecule has 102 valence electrons. The number of ether oxygens (including phenoxy) is 2. The molecular weight excluding hydrogens is 256 g/mol. The van der Waals surface area contributed by atoms with Crippen molar-refractivity contribution in [2.75, 3.05) is 20.8 Å². The first-order chi connectivity index (χ1) is 8.40. The van der Waals surface area contributed by atoms with Gasteiger partial charge in [0, 0.05) is 18.7 Å². The van der Waals surface area contributed by atoms with Crippen LogP contribution < -0.4 is 19.9 Å². The van der Waals surface area contributed by atoms with Crippen LogP contribution in [0.25, 0.3) is 0 Å². The van der Waals surface area contributed by atoms with Crippen LogP contribution in [0.2, 0.25) is 0 Å². The van der Waals surface area contributed by atoms with Crippen LogP contribution in [-0.2, 0) is 10.0 Å². The minimum atomic E-state index is -3.63. The molecule has 6 nitrogen and oxygen atoms in total. The summed E-state index contributed by atoms with van der Waals surface area (Å²) in [5.74, 6) is 0.754. The SMILES string of the molecule is COc1ccc(S(=O)(=O)NCC(C)N)c(OC)c1. The summed E-state index contributed by atoms with van der Waals surface area (Å²) >= 11 is 0. The minimum Gasteiger partial charge on any atom is -0.497 e. The molecule has 0 aliphatic rings. The zero-order chi connectivity index (χ0) is 13.8. The number of sulfonamides is 1. The summed E-state index contributed by atoms with van der Waals surface area (Å²) < 4.78 is 36.5. The topological polar surface area (TPSA) is 90.7 Å². The Kier molecular flexibility index (Phi) is 4.94. The van der Waals surface area contributed by atoms with Crippen molar-refractivity contribution in [3.63, 3.8) is 0 Å². The van der Waals surface area contributed by atoms with Crippen LogP contribution in [0, 0.1) is 0 Å². The molecule has 18 heavy (non-hydrogen) atoms. The van der Waals surface area contributed by atoms with E-state index in [0.29, 0.717) is 5.75 Å². The third kappa shape index (κ3) is 3.59. The third-order valence-electron chi connectivity index (χ3n) is 2.26. The lowest BCUT2D eigenvalue weighted by molar-refractivity contribution is 0.386. The Morgan fingerprint density at radius 2 is 2.00 bits per heavy atom. The number of hydrogen-bond acceptors (Lipinski definition) is 5. The largest absolute Gasteiger partial charge is 0.497 e. The molecule has 1 atom stereocenters. The molecule has 0 aliphatic carbocycles. The van der Waals surface area contributed by atoms with Crippen LogP contribution in [0.5, 0.6) is 11.5 Å². The lowest BCUT2D eigenvalue weighted by atomic mass is 10.3. The lowest BCUT2D eigenvalue weighted by Gasteiger charge is -2.12. The third-order valence-corrected chi connectivity index (χ3v) is 3.72. The van der Waals surface area contributed by atoms with Gasteiger partial charge in [0.15, 0.2) is 0 Å². The van der Waals surface area contributed by atoms with E-state index in [1.807, 2.05) is 0 Å². The molecule has 0 saturated carbocycles. The predicted octanol–water partition coefficient (Wildman–Crippen LogP) is 0.329. The fourth-order valence-corrected chi connectivity index (χ4v) is 2.61. The minimum absolute atomic E-state index is 0.0615. The summed E-state index contributed by atoms with van der Waals surface area (Å²) in [4.78, 5) is 0.0615. The zero-order valence-electron chi connectivity index (χ0n) is 10.6. The number of methoxy groups -OCH3 is 2. The standard InChI is InChI=1S/C11H18N2O4S/c1-8(12)7-13-18(14,15)11-5-4-9(16-2)6-10(11)17-3/h4-6,8,13H,7,12H2,1-3H3. The number of rotatable bonds is 6. The number of nitrogens with one attached hydrogen (secondary N) is 1. The van der Waals surface area contributed by atoms with Gasteiger partial charge in [-0.1, -0.05) is 0 Å². The van der Waals surface area contributed by atoms with Crippen LogP contribution in [0.1, 0.15) is 6.92 Å². The zero-order valence-corrected chi connectivity index (χ0v) is 11.5. The highest BCUT2D eigenvalue weighted by molar-refractivity contribution is 7.89. The van der Waals surface area contributed by atoms with Crippen molar-refractivity contribution < 1.29 is 17.9 Å². The van der Waals surface area contributed by atoms with E-state index in [-0.39, 0.29) is 23.2 Å². The van der Waals surface area contributed by atoms with Gasteiger partial charge in [-0.05, 0) is 19.1 Å². The summed E-state index contributed by atoms with van der Waals surface area (Å²) in [6, 6.07) is 4.24. The van der Waals surface area contributed by atoms with E-state index in [9.17, 15) is 8.42 Å². The van der Waals surface area contributed by atoms with Gasteiger partial charge in [-0.25, -0.2) is 13.1 Å². The summed E-state index contributed by atoms with van der Waals surface area (Å²) in [5, 5.41) is 0. The number of hydrogen-bond donors (Lipinski definition) is 2. The van der Waals surface area contributed by atoms with Crippen molar-refractivity contribution in [1.82, 2.24) is 4.72 Å². The van der Waals surface area contributed by atoms with Crippen LogP contribution in [0.4, 0.5) is 0 Å². The van der Waals surface area contributed by atoms with E-state index in [2.05, 4.69) is 4.72 Å². The molecule has 0 aromatic heterocycles. The average molecular weight is 274 g/mol. The predicted molar refractivity (Wildman–Crippen MR) is 68.4 cm³/mol. The summed E-state index contributed by atoms with van der Waals surface area (Å²) in [5.41, 5.74) is 5.52. The molecule has 3 N–H and O–H groups in total. The first kappa shape index (κ1) is 14.7. The van der Waals surface area contributed by atoms with Gasteiger partial charge in [-0.2, -0.15) is 0 Å². The maximum absolute atomic E-state index is 12.0. The maximum Gasteiger partial charge on any atom is 0.244 e. The van der Waals surface area contributed by atoms with Gasteiger partial charge in [0.2, 0.25) is 10.0 Å².